The molecule has 0 spiro atoms. The zero-order valence-electron chi connectivity index (χ0n) is 10.3. The van der Waals surface area contributed by atoms with E-state index in [4.69, 9.17) is 0 Å². The largest absolute Gasteiger partial charge is 0.395 e. The molecule has 0 radical (unpaired) electrons. The van der Waals surface area contributed by atoms with Crippen LogP contribution < -0.4 is 0 Å². The number of aliphatic hydroxyl groups is 1. The molecule has 0 amide bonds. The van der Waals surface area contributed by atoms with Crippen LogP contribution in [0.3, 0.4) is 0 Å². The van der Waals surface area contributed by atoms with E-state index in [9.17, 15) is 14.3 Å². The van der Waals surface area contributed by atoms with Crippen molar-refractivity contribution in [1.82, 2.24) is 4.90 Å². The summed E-state index contributed by atoms with van der Waals surface area (Å²) in [6, 6.07) is 6.08. The van der Waals surface area contributed by atoms with Crippen molar-refractivity contribution in [2.24, 2.45) is 0 Å². The Morgan fingerprint density at radius 3 is 2.89 bits per heavy atom. The summed E-state index contributed by atoms with van der Waals surface area (Å²) in [6.45, 7) is 1.04. The minimum absolute atomic E-state index is 0.0365. The molecule has 18 heavy (non-hydrogen) atoms. The van der Waals surface area contributed by atoms with Crippen LogP contribution in [-0.2, 0) is 0 Å². The van der Waals surface area contributed by atoms with E-state index in [2.05, 4.69) is 0 Å². The minimum Gasteiger partial charge on any atom is -0.395 e. The van der Waals surface area contributed by atoms with Gasteiger partial charge in [-0.2, -0.15) is 0 Å². The number of hydrogen-bond acceptors (Lipinski definition) is 3. The fraction of sp³-hybridized carbons (Fsp3) is 0.500. The summed E-state index contributed by atoms with van der Waals surface area (Å²) in [5.74, 6) is -0.687. The second kappa shape index (κ2) is 6.07. The van der Waals surface area contributed by atoms with Crippen LogP contribution in [-0.4, -0.2) is 41.5 Å². The molecule has 4 heteroatoms. The van der Waals surface area contributed by atoms with Crippen molar-refractivity contribution in [3.63, 3.8) is 0 Å². The Labute approximate surface area is 106 Å². The molecule has 1 fully saturated rings. The second-order valence-electron chi connectivity index (χ2n) is 4.71. The molecule has 0 saturated carbocycles. The van der Waals surface area contributed by atoms with Crippen LogP contribution in [0.25, 0.3) is 0 Å². The molecule has 1 aliphatic rings. The lowest BCUT2D eigenvalue weighted by atomic mass is 10.0. The number of likely N-dealkylation sites (tertiary alicyclic amines) is 1. The van der Waals surface area contributed by atoms with Gasteiger partial charge < -0.3 is 5.11 Å². The van der Waals surface area contributed by atoms with E-state index in [0.29, 0.717) is 0 Å². The number of carbonyl (C=O) groups is 1. The quantitative estimate of drug-likeness (QED) is 0.830. The first kappa shape index (κ1) is 13.2. The average molecular weight is 251 g/mol. The van der Waals surface area contributed by atoms with Gasteiger partial charge in [-0.25, -0.2) is 4.39 Å². The van der Waals surface area contributed by atoms with Crippen LogP contribution in [0.2, 0.25) is 0 Å². The summed E-state index contributed by atoms with van der Waals surface area (Å²) in [5.41, 5.74) is 0.139. The number of carbonyl (C=O) groups excluding carboxylic acids is 1. The van der Waals surface area contributed by atoms with Gasteiger partial charge in [-0.15, -0.1) is 0 Å². The second-order valence-corrected chi connectivity index (χ2v) is 4.71. The summed E-state index contributed by atoms with van der Waals surface area (Å²) in [4.78, 5) is 14.0. The van der Waals surface area contributed by atoms with Crippen LogP contribution in [0, 0.1) is 5.82 Å². The highest BCUT2D eigenvalue weighted by Gasteiger charge is 2.24. The van der Waals surface area contributed by atoms with Gasteiger partial charge in [-0.05, 0) is 31.5 Å². The van der Waals surface area contributed by atoms with Gasteiger partial charge in [-0.3, -0.25) is 9.69 Å². The number of ketones is 1. The Kier molecular flexibility index (Phi) is 4.44. The number of hydrogen-bond donors (Lipinski definition) is 1. The third-order valence-corrected chi connectivity index (χ3v) is 3.48. The topological polar surface area (TPSA) is 40.5 Å². The van der Waals surface area contributed by atoms with E-state index in [0.717, 1.165) is 25.8 Å². The Bertz CT molecular complexity index is 422. The van der Waals surface area contributed by atoms with Gasteiger partial charge in [0.15, 0.2) is 5.78 Å². The zero-order valence-corrected chi connectivity index (χ0v) is 10.3. The minimum atomic E-state index is -0.472. The Morgan fingerprint density at radius 2 is 2.17 bits per heavy atom. The molecule has 0 aliphatic carbocycles. The number of nitrogens with zero attached hydrogens (tertiary/aromatic N) is 1. The molecule has 1 atom stereocenters. The molecular formula is C14H18FNO2. The number of piperidine rings is 1. The van der Waals surface area contributed by atoms with Gasteiger partial charge in [0.25, 0.3) is 0 Å². The number of rotatable bonds is 4. The van der Waals surface area contributed by atoms with Crippen molar-refractivity contribution < 1.29 is 14.3 Å². The van der Waals surface area contributed by atoms with Gasteiger partial charge in [-0.1, -0.05) is 18.6 Å². The molecule has 1 N–H and O–H groups in total. The third-order valence-electron chi connectivity index (χ3n) is 3.48. The van der Waals surface area contributed by atoms with Gasteiger partial charge in [0.05, 0.1) is 18.7 Å². The molecule has 0 aromatic heterocycles. The number of halogens is 1. The summed E-state index contributed by atoms with van der Waals surface area (Å²) in [6.07, 6.45) is 3.01. The van der Waals surface area contributed by atoms with Crippen molar-refractivity contribution >= 4 is 5.78 Å². The van der Waals surface area contributed by atoms with Crippen LogP contribution >= 0.6 is 0 Å². The molecule has 1 aromatic rings. The fourth-order valence-electron chi connectivity index (χ4n) is 2.43. The summed E-state index contributed by atoms with van der Waals surface area (Å²) in [5, 5.41) is 9.27. The summed E-state index contributed by atoms with van der Waals surface area (Å²) >= 11 is 0. The lowest BCUT2D eigenvalue weighted by Crippen LogP contribution is -2.44. The highest BCUT2D eigenvalue weighted by atomic mass is 19.1. The average Bonchev–Trinajstić information content (AvgIpc) is 2.39. The van der Waals surface area contributed by atoms with E-state index in [1.54, 1.807) is 12.1 Å². The van der Waals surface area contributed by atoms with E-state index >= 15 is 0 Å². The maximum absolute atomic E-state index is 13.5. The smallest absolute Gasteiger partial charge is 0.179 e. The summed E-state index contributed by atoms with van der Waals surface area (Å²) < 4.78 is 13.5. The number of Topliss-reactive ketones (excluding diaryl/α,β-unsaturated/α-hetero) is 1. The maximum Gasteiger partial charge on any atom is 0.179 e. The first-order valence-electron chi connectivity index (χ1n) is 6.35. The highest BCUT2D eigenvalue weighted by Crippen LogP contribution is 2.17. The molecule has 2 rings (SSSR count). The Hall–Kier alpha value is -1.26. The van der Waals surface area contributed by atoms with Crippen LogP contribution in [0.1, 0.15) is 29.6 Å². The van der Waals surface area contributed by atoms with Crippen molar-refractivity contribution in [2.45, 2.75) is 25.3 Å². The van der Waals surface area contributed by atoms with Crippen LogP contribution in [0.15, 0.2) is 24.3 Å². The van der Waals surface area contributed by atoms with Crippen molar-refractivity contribution in [1.29, 1.82) is 0 Å². The van der Waals surface area contributed by atoms with Gasteiger partial charge in [0, 0.05) is 6.04 Å². The van der Waals surface area contributed by atoms with E-state index in [1.165, 1.54) is 12.1 Å². The molecule has 1 aliphatic heterocycles. The fourth-order valence-corrected chi connectivity index (χ4v) is 2.43. The van der Waals surface area contributed by atoms with Crippen molar-refractivity contribution in [3.05, 3.63) is 35.6 Å². The molecule has 1 aromatic carbocycles. The monoisotopic (exact) mass is 251 g/mol. The van der Waals surface area contributed by atoms with E-state index in [1.807, 2.05) is 4.90 Å². The highest BCUT2D eigenvalue weighted by molar-refractivity contribution is 5.97. The van der Waals surface area contributed by atoms with Gasteiger partial charge in [0.1, 0.15) is 5.82 Å². The Morgan fingerprint density at radius 1 is 1.39 bits per heavy atom. The first-order valence-corrected chi connectivity index (χ1v) is 6.35. The predicted molar refractivity (Wildman–Crippen MR) is 67.0 cm³/mol. The van der Waals surface area contributed by atoms with Crippen molar-refractivity contribution in [2.75, 3.05) is 19.7 Å². The number of benzene rings is 1. The number of aliphatic hydroxyl groups excluding tert-OH is 1. The van der Waals surface area contributed by atoms with E-state index < -0.39 is 5.82 Å². The first-order chi connectivity index (χ1) is 8.72. The molecular weight excluding hydrogens is 233 g/mol. The molecule has 0 bridgehead atoms. The van der Waals surface area contributed by atoms with Crippen LogP contribution in [0.4, 0.5) is 4.39 Å². The van der Waals surface area contributed by atoms with E-state index in [-0.39, 0.29) is 30.5 Å². The molecule has 1 unspecified atom stereocenters. The lowest BCUT2D eigenvalue weighted by Gasteiger charge is -2.33. The molecule has 3 nitrogen and oxygen atoms in total. The third kappa shape index (κ3) is 2.94. The maximum atomic E-state index is 13.5. The molecule has 98 valence electrons. The van der Waals surface area contributed by atoms with Gasteiger partial charge >= 0.3 is 0 Å². The standard InChI is InChI=1S/C14H18FNO2/c15-13-7-2-1-6-12(13)14(18)9-16-8-4-3-5-11(16)10-17/h1-2,6-7,11,17H,3-5,8-10H2. The molecule has 1 heterocycles. The van der Waals surface area contributed by atoms with Crippen molar-refractivity contribution in [3.8, 4) is 0 Å². The van der Waals surface area contributed by atoms with Crippen LogP contribution in [0.5, 0.6) is 0 Å². The normalized spacial score (nSPS) is 20.9. The molecule has 1 saturated heterocycles. The Balaban J connectivity index is 2.04. The summed E-state index contributed by atoms with van der Waals surface area (Å²) in [7, 11) is 0. The SMILES string of the molecule is O=C(CN1CCCCC1CO)c1ccccc1F. The van der Waals surface area contributed by atoms with Gasteiger partial charge in [0.2, 0.25) is 0 Å². The zero-order chi connectivity index (χ0) is 13.0. The lowest BCUT2D eigenvalue weighted by molar-refractivity contribution is 0.0708. The predicted octanol–water partition coefficient (Wildman–Crippen LogP) is 1.86.